The van der Waals surface area contributed by atoms with Crippen LogP contribution in [0.4, 0.5) is 0 Å². The molecule has 1 atom stereocenters. The lowest BCUT2D eigenvalue weighted by molar-refractivity contribution is 0.582. The van der Waals surface area contributed by atoms with Crippen molar-refractivity contribution in [1.29, 1.82) is 0 Å². The SMILES string of the molecule is NCC(N)CNCc1ccc2[nH]c(=O)[nH]c2c1. The lowest BCUT2D eigenvalue weighted by Crippen LogP contribution is -2.39. The molecule has 2 aromatic rings. The fourth-order valence-corrected chi connectivity index (χ4v) is 1.67. The minimum atomic E-state index is -0.185. The number of nitrogens with two attached hydrogens (primary N) is 2. The van der Waals surface area contributed by atoms with Crippen molar-refractivity contribution in [3.8, 4) is 0 Å². The predicted octanol–water partition coefficient (Wildman–Crippen LogP) is -0.768. The lowest BCUT2D eigenvalue weighted by Gasteiger charge is -2.10. The van der Waals surface area contributed by atoms with Gasteiger partial charge in [-0.1, -0.05) is 6.07 Å². The molecule has 0 aliphatic heterocycles. The van der Waals surface area contributed by atoms with Crippen molar-refractivity contribution >= 4 is 11.0 Å². The number of imidazole rings is 1. The molecule has 0 fully saturated rings. The quantitative estimate of drug-likeness (QED) is 0.468. The fraction of sp³-hybridized carbons (Fsp3) is 0.364. The van der Waals surface area contributed by atoms with Crippen LogP contribution >= 0.6 is 0 Å². The summed E-state index contributed by atoms with van der Waals surface area (Å²) < 4.78 is 0. The summed E-state index contributed by atoms with van der Waals surface area (Å²) in [6.45, 7) is 1.85. The molecule has 0 spiro atoms. The molecule has 2 rings (SSSR count). The van der Waals surface area contributed by atoms with E-state index in [1.807, 2.05) is 18.2 Å². The summed E-state index contributed by atoms with van der Waals surface area (Å²) in [7, 11) is 0. The van der Waals surface area contributed by atoms with Gasteiger partial charge in [-0.15, -0.1) is 0 Å². The number of aromatic nitrogens is 2. The van der Waals surface area contributed by atoms with Gasteiger partial charge in [0, 0.05) is 25.7 Å². The van der Waals surface area contributed by atoms with E-state index in [1.165, 1.54) is 0 Å². The third-order valence-corrected chi connectivity index (χ3v) is 2.62. The predicted molar refractivity (Wildman–Crippen MR) is 67.7 cm³/mol. The monoisotopic (exact) mass is 235 g/mol. The number of benzene rings is 1. The maximum absolute atomic E-state index is 11.1. The Balaban J connectivity index is 2.01. The second kappa shape index (κ2) is 5.13. The maximum Gasteiger partial charge on any atom is 0.323 e. The highest BCUT2D eigenvalue weighted by molar-refractivity contribution is 5.74. The Hall–Kier alpha value is -1.63. The van der Waals surface area contributed by atoms with Crippen LogP contribution in [0.3, 0.4) is 0 Å². The van der Waals surface area contributed by atoms with E-state index >= 15 is 0 Å². The minimum Gasteiger partial charge on any atom is -0.329 e. The summed E-state index contributed by atoms with van der Waals surface area (Å²) in [6.07, 6.45) is 0. The molecule has 0 aliphatic carbocycles. The fourth-order valence-electron chi connectivity index (χ4n) is 1.67. The summed E-state index contributed by atoms with van der Waals surface area (Å²) >= 11 is 0. The van der Waals surface area contributed by atoms with Crippen molar-refractivity contribution in [3.63, 3.8) is 0 Å². The molecule has 1 heterocycles. The molecule has 0 bridgehead atoms. The summed E-state index contributed by atoms with van der Waals surface area (Å²) in [5.74, 6) is 0. The molecule has 1 aromatic heterocycles. The van der Waals surface area contributed by atoms with E-state index < -0.39 is 0 Å². The van der Waals surface area contributed by atoms with Gasteiger partial charge in [0.25, 0.3) is 0 Å². The van der Waals surface area contributed by atoms with Gasteiger partial charge in [-0.25, -0.2) is 4.79 Å². The van der Waals surface area contributed by atoms with Gasteiger partial charge in [0.15, 0.2) is 0 Å². The van der Waals surface area contributed by atoms with Crippen molar-refractivity contribution in [2.24, 2.45) is 11.5 Å². The first kappa shape index (κ1) is 11.8. The van der Waals surface area contributed by atoms with Crippen molar-refractivity contribution in [3.05, 3.63) is 34.2 Å². The molecule has 0 aliphatic rings. The molecular formula is C11H17N5O. The van der Waals surface area contributed by atoms with Crippen LogP contribution in [0, 0.1) is 0 Å². The Kier molecular flexibility index (Phi) is 3.58. The molecule has 1 unspecified atom stereocenters. The number of rotatable bonds is 5. The first-order valence-corrected chi connectivity index (χ1v) is 5.56. The van der Waals surface area contributed by atoms with Crippen LogP contribution in [0.15, 0.2) is 23.0 Å². The van der Waals surface area contributed by atoms with E-state index in [-0.39, 0.29) is 11.7 Å². The molecule has 0 saturated heterocycles. The second-order valence-corrected chi connectivity index (χ2v) is 4.09. The molecule has 6 heteroatoms. The average Bonchev–Trinajstić information content (AvgIpc) is 2.68. The van der Waals surface area contributed by atoms with Gasteiger partial charge in [0.1, 0.15) is 0 Å². The third-order valence-electron chi connectivity index (χ3n) is 2.62. The number of aromatic amines is 2. The normalized spacial score (nSPS) is 13.1. The van der Waals surface area contributed by atoms with Gasteiger partial charge in [0.05, 0.1) is 11.0 Å². The van der Waals surface area contributed by atoms with E-state index in [1.54, 1.807) is 0 Å². The van der Waals surface area contributed by atoms with Gasteiger partial charge in [0.2, 0.25) is 0 Å². The van der Waals surface area contributed by atoms with Crippen LogP contribution in [-0.4, -0.2) is 29.1 Å². The highest BCUT2D eigenvalue weighted by Gasteiger charge is 2.01. The molecule has 17 heavy (non-hydrogen) atoms. The van der Waals surface area contributed by atoms with E-state index in [4.69, 9.17) is 11.5 Å². The molecule has 0 radical (unpaired) electrons. The van der Waals surface area contributed by atoms with Crippen molar-refractivity contribution in [2.45, 2.75) is 12.6 Å². The minimum absolute atomic E-state index is 0.0224. The van der Waals surface area contributed by atoms with Crippen LogP contribution in [0.1, 0.15) is 5.56 Å². The number of fused-ring (bicyclic) bond motifs is 1. The molecule has 6 nitrogen and oxygen atoms in total. The maximum atomic E-state index is 11.1. The summed E-state index contributed by atoms with van der Waals surface area (Å²) in [5.41, 5.74) is 13.7. The zero-order valence-corrected chi connectivity index (χ0v) is 9.49. The van der Waals surface area contributed by atoms with Crippen LogP contribution in [0.2, 0.25) is 0 Å². The smallest absolute Gasteiger partial charge is 0.323 e. The highest BCUT2D eigenvalue weighted by Crippen LogP contribution is 2.09. The van der Waals surface area contributed by atoms with Gasteiger partial charge in [-0.05, 0) is 17.7 Å². The second-order valence-electron chi connectivity index (χ2n) is 4.09. The molecule has 1 aromatic carbocycles. The summed E-state index contributed by atoms with van der Waals surface area (Å²) in [4.78, 5) is 16.5. The highest BCUT2D eigenvalue weighted by atomic mass is 16.1. The Labute approximate surface area is 98.4 Å². The van der Waals surface area contributed by atoms with Crippen molar-refractivity contribution < 1.29 is 0 Å². The standard InChI is InChI=1S/C11H17N5O/c12-4-8(13)6-14-5-7-1-2-9-10(3-7)16-11(17)15-9/h1-3,8,14H,4-6,12-13H2,(H2,15,16,17). The lowest BCUT2D eigenvalue weighted by atomic mass is 10.2. The van der Waals surface area contributed by atoms with Crippen molar-refractivity contribution in [1.82, 2.24) is 15.3 Å². The van der Waals surface area contributed by atoms with Gasteiger partial charge in [-0.3, -0.25) is 0 Å². The van der Waals surface area contributed by atoms with Gasteiger partial charge < -0.3 is 26.8 Å². The summed E-state index contributed by atoms with van der Waals surface area (Å²) in [5, 5.41) is 3.22. The largest absolute Gasteiger partial charge is 0.329 e. The third kappa shape index (κ3) is 2.94. The first-order chi connectivity index (χ1) is 8.19. The average molecular weight is 235 g/mol. The van der Waals surface area contributed by atoms with Gasteiger partial charge >= 0.3 is 5.69 Å². The zero-order valence-electron chi connectivity index (χ0n) is 9.49. The van der Waals surface area contributed by atoms with Crippen LogP contribution in [-0.2, 0) is 6.54 Å². The van der Waals surface area contributed by atoms with Gasteiger partial charge in [-0.2, -0.15) is 0 Å². The molecule has 7 N–H and O–H groups in total. The Bertz CT molecular complexity index is 544. The number of hydrogen-bond acceptors (Lipinski definition) is 4. The first-order valence-electron chi connectivity index (χ1n) is 5.56. The van der Waals surface area contributed by atoms with E-state index in [0.29, 0.717) is 19.6 Å². The van der Waals surface area contributed by atoms with E-state index in [2.05, 4.69) is 15.3 Å². The Morgan fingerprint density at radius 1 is 1.29 bits per heavy atom. The number of nitrogens with one attached hydrogen (secondary N) is 3. The number of H-pyrrole nitrogens is 2. The van der Waals surface area contributed by atoms with Crippen LogP contribution in [0.5, 0.6) is 0 Å². The Morgan fingerprint density at radius 3 is 2.82 bits per heavy atom. The van der Waals surface area contributed by atoms with E-state index in [9.17, 15) is 4.79 Å². The van der Waals surface area contributed by atoms with Crippen LogP contribution in [0.25, 0.3) is 11.0 Å². The van der Waals surface area contributed by atoms with E-state index in [0.717, 1.165) is 16.6 Å². The number of hydrogen-bond donors (Lipinski definition) is 5. The topological polar surface area (TPSA) is 113 Å². The zero-order chi connectivity index (χ0) is 12.3. The molecule has 0 amide bonds. The Morgan fingerprint density at radius 2 is 2.06 bits per heavy atom. The van der Waals surface area contributed by atoms with Crippen molar-refractivity contribution in [2.75, 3.05) is 13.1 Å². The molecular weight excluding hydrogens is 218 g/mol. The van der Waals surface area contributed by atoms with Crippen LogP contribution < -0.4 is 22.5 Å². The molecule has 92 valence electrons. The summed E-state index contributed by atoms with van der Waals surface area (Å²) in [6, 6.07) is 5.76. The molecule has 0 saturated carbocycles.